The third-order valence-electron chi connectivity index (χ3n) is 3.86. The molecule has 0 atom stereocenters. The second-order valence-corrected chi connectivity index (χ2v) is 5.58. The Bertz CT molecular complexity index is 912. The minimum Gasteiger partial charge on any atom is -0.481 e. The van der Waals surface area contributed by atoms with E-state index in [9.17, 15) is 9.59 Å². The lowest BCUT2D eigenvalue weighted by Crippen LogP contribution is -2.23. The summed E-state index contributed by atoms with van der Waals surface area (Å²) in [4.78, 5) is 27.9. The first kappa shape index (κ1) is 16.8. The molecule has 1 N–H and O–H groups in total. The number of aryl methyl sites for hydroxylation is 1. The molecule has 2 heterocycles. The Hall–Kier alpha value is -3.09. The maximum atomic E-state index is 11.9. The molecule has 0 aliphatic rings. The summed E-state index contributed by atoms with van der Waals surface area (Å²) in [5.74, 6) is 0.0652. The maximum absolute atomic E-state index is 11.9. The largest absolute Gasteiger partial charge is 0.481 e. The maximum Gasteiger partial charge on any atom is 0.419 e. The van der Waals surface area contributed by atoms with Crippen LogP contribution >= 0.6 is 0 Å². The number of carbonyl (C=O) groups is 1. The van der Waals surface area contributed by atoms with Crippen molar-refractivity contribution in [3.05, 3.63) is 58.7 Å². The van der Waals surface area contributed by atoms with E-state index in [-0.39, 0.29) is 5.91 Å². The predicted octanol–water partition coefficient (Wildman–Crippen LogP) is 2.09. The number of para-hydroxylation sites is 2. The van der Waals surface area contributed by atoms with Gasteiger partial charge in [0, 0.05) is 31.8 Å². The molecule has 7 heteroatoms. The van der Waals surface area contributed by atoms with E-state index < -0.39 is 5.76 Å². The number of benzene rings is 1. The standard InChI is InChI=1S/C18H19N3O4/c1-24-17-9-8-13(12-20-17)11-19-16(22)7-4-10-21-14-5-2-3-6-15(14)25-18(21)23/h2-3,5-6,8-9,12H,4,7,10-11H2,1H3,(H,19,22). The summed E-state index contributed by atoms with van der Waals surface area (Å²) in [7, 11) is 1.55. The molecule has 1 amide bonds. The number of hydrogen-bond acceptors (Lipinski definition) is 5. The SMILES string of the molecule is COc1ccc(CNC(=O)CCCn2c(=O)oc3ccccc32)cn1. The van der Waals surface area contributed by atoms with Crippen LogP contribution in [0.25, 0.3) is 11.1 Å². The van der Waals surface area contributed by atoms with Gasteiger partial charge >= 0.3 is 5.76 Å². The normalized spacial score (nSPS) is 10.8. The van der Waals surface area contributed by atoms with Gasteiger partial charge in [0.2, 0.25) is 11.8 Å². The number of hydrogen-bond donors (Lipinski definition) is 1. The number of rotatable bonds is 7. The van der Waals surface area contributed by atoms with Crippen LogP contribution in [0.4, 0.5) is 0 Å². The van der Waals surface area contributed by atoms with Crippen LogP contribution in [-0.4, -0.2) is 22.6 Å². The smallest absolute Gasteiger partial charge is 0.419 e. The van der Waals surface area contributed by atoms with Crippen molar-refractivity contribution in [2.75, 3.05) is 7.11 Å². The van der Waals surface area contributed by atoms with Gasteiger partial charge in [0.05, 0.1) is 12.6 Å². The molecule has 2 aromatic heterocycles. The van der Waals surface area contributed by atoms with Crippen molar-refractivity contribution in [3.8, 4) is 5.88 Å². The third kappa shape index (κ3) is 4.06. The lowest BCUT2D eigenvalue weighted by molar-refractivity contribution is -0.121. The predicted molar refractivity (Wildman–Crippen MR) is 92.3 cm³/mol. The molecule has 1 aromatic carbocycles. The van der Waals surface area contributed by atoms with E-state index in [2.05, 4.69) is 10.3 Å². The summed E-state index contributed by atoms with van der Waals surface area (Å²) >= 11 is 0. The van der Waals surface area contributed by atoms with Gasteiger partial charge in [-0.3, -0.25) is 9.36 Å². The van der Waals surface area contributed by atoms with Crippen molar-refractivity contribution in [1.29, 1.82) is 0 Å². The van der Waals surface area contributed by atoms with Gasteiger partial charge < -0.3 is 14.5 Å². The molecular weight excluding hydrogens is 322 g/mol. The second kappa shape index (κ2) is 7.65. The average molecular weight is 341 g/mol. The topological polar surface area (TPSA) is 86.4 Å². The fraction of sp³-hybridized carbons (Fsp3) is 0.278. The highest BCUT2D eigenvalue weighted by molar-refractivity contribution is 5.76. The molecule has 0 aliphatic carbocycles. The molecule has 0 bridgehead atoms. The Balaban J connectivity index is 1.49. The minimum absolute atomic E-state index is 0.0725. The van der Waals surface area contributed by atoms with Gasteiger partial charge in [-0.25, -0.2) is 9.78 Å². The Morgan fingerprint density at radius 2 is 2.12 bits per heavy atom. The zero-order chi connectivity index (χ0) is 17.6. The Morgan fingerprint density at radius 1 is 1.28 bits per heavy atom. The molecule has 0 radical (unpaired) electrons. The van der Waals surface area contributed by atoms with Crippen molar-refractivity contribution in [2.45, 2.75) is 25.9 Å². The van der Waals surface area contributed by atoms with Crippen LogP contribution in [0.3, 0.4) is 0 Å². The Kier molecular flexibility index (Phi) is 5.13. The lowest BCUT2D eigenvalue weighted by atomic mass is 10.2. The summed E-state index contributed by atoms with van der Waals surface area (Å²) in [5.41, 5.74) is 2.20. The van der Waals surface area contributed by atoms with Crippen molar-refractivity contribution in [3.63, 3.8) is 0 Å². The van der Waals surface area contributed by atoms with E-state index >= 15 is 0 Å². The molecule has 25 heavy (non-hydrogen) atoms. The first-order valence-corrected chi connectivity index (χ1v) is 8.01. The number of pyridine rings is 1. The van der Waals surface area contributed by atoms with Crippen molar-refractivity contribution < 1.29 is 13.9 Å². The third-order valence-corrected chi connectivity index (χ3v) is 3.86. The van der Waals surface area contributed by atoms with Gasteiger partial charge in [0.1, 0.15) is 0 Å². The van der Waals surface area contributed by atoms with Crippen LogP contribution in [0.2, 0.25) is 0 Å². The fourth-order valence-electron chi connectivity index (χ4n) is 2.55. The molecule has 0 saturated heterocycles. The van der Waals surface area contributed by atoms with Crippen LogP contribution in [0.1, 0.15) is 18.4 Å². The highest BCUT2D eigenvalue weighted by Gasteiger charge is 2.09. The molecular formula is C18H19N3O4. The number of oxazole rings is 1. The quantitative estimate of drug-likeness (QED) is 0.711. The Labute approximate surface area is 144 Å². The van der Waals surface area contributed by atoms with Gasteiger partial charge in [0.25, 0.3) is 0 Å². The van der Waals surface area contributed by atoms with E-state index in [1.54, 1.807) is 30.0 Å². The highest BCUT2D eigenvalue weighted by Crippen LogP contribution is 2.12. The first-order chi connectivity index (χ1) is 12.2. The van der Waals surface area contributed by atoms with Crippen LogP contribution in [-0.2, 0) is 17.9 Å². The molecule has 0 spiro atoms. The van der Waals surface area contributed by atoms with Gasteiger partial charge in [-0.2, -0.15) is 0 Å². The fourth-order valence-corrected chi connectivity index (χ4v) is 2.55. The van der Waals surface area contributed by atoms with Gasteiger partial charge in [-0.1, -0.05) is 18.2 Å². The van der Waals surface area contributed by atoms with Gasteiger partial charge in [-0.05, 0) is 24.1 Å². The van der Waals surface area contributed by atoms with E-state index in [1.807, 2.05) is 24.3 Å². The lowest BCUT2D eigenvalue weighted by Gasteiger charge is -2.06. The minimum atomic E-state index is -0.397. The van der Waals surface area contributed by atoms with Crippen molar-refractivity contribution in [1.82, 2.24) is 14.9 Å². The van der Waals surface area contributed by atoms with Crippen molar-refractivity contribution >= 4 is 17.0 Å². The summed E-state index contributed by atoms with van der Waals surface area (Å²) in [6.45, 7) is 0.845. The number of nitrogens with zero attached hydrogens (tertiary/aromatic N) is 2. The molecule has 0 unspecified atom stereocenters. The zero-order valence-corrected chi connectivity index (χ0v) is 13.9. The van der Waals surface area contributed by atoms with Gasteiger partial charge in [0.15, 0.2) is 5.58 Å². The summed E-state index contributed by atoms with van der Waals surface area (Å²) in [6, 6.07) is 10.8. The molecule has 7 nitrogen and oxygen atoms in total. The molecule has 0 fully saturated rings. The van der Waals surface area contributed by atoms with E-state index in [4.69, 9.17) is 9.15 Å². The molecule has 0 saturated carbocycles. The van der Waals surface area contributed by atoms with Crippen molar-refractivity contribution in [2.24, 2.45) is 0 Å². The number of amides is 1. The molecule has 130 valence electrons. The summed E-state index contributed by atoms with van der Waals surface area (Å²) in [6.07, 6.45) is 2.54. The summed E-state index contributed by atoms with van der Waals surface area (Å²) < 4.78 is 11.7. The number of nitrogens with one attached hydrogen (secondary N) is 1. The average Bonchev–Trinajstić information content (AvgIpc) is 2.96. The molecule has 3 rings (SSSR count). The summed E-state index contributed by atoms with van der Waals surface area (Å²) in [5, 5.41) is 2.84. The van der Waals surface area contributed by atoms with Crippen LogP contribution in [0.5, 0.6) is 5.88 Å². The monoisotopic (exact) mass is 341 g/mol. The Morgan fingerprint density at radius 3 is 2.88 bits per heavy atom. The van der Waals surface area contributed by atoms with Crippen LogP contribution in [0, 0.1) is 0 Å². The number of aromatic nitrogens is 2. The van der Waals surface area contributed by atoms with E-state index in [0.717, 1.165) is 11.1 Å². The van der Waals surface area contributed by atoms with Gasteiger partial charge in [-0.15, -0.1) is 0 Å². The van der Waals surface area contributed by atoms with E-state index in [0.29, 0.717) is 37.4 Å². The zero-order valence-electron chi connectivity index (χ0n) is 13.9. The number of methoxy groups -OCH3 is 1. The van der Waals surface area contributed by atoms with Crippen LogP contribution < -0.4 is 15.8 Å². The number of carbonyl (C=O) groups excluding carboxylic acids is 1. The highest BCUT2D eigenvalue weighted by atomic mass is 16.5. The van der Waals surface area contributed by atoms with E-state index in [1.165, 1.54) is 0 Å². The first-order valence-electron chi connectivity index (χ1n) is 8.01. The number of ether oxygens (including phenoxy) is 1. The second-order valence-electron chi connectivity index (χ2n) is 5.58. The number of fused-ring (bicyclic) bond motifs is 1. The molecule has 3 aromatic rings. The van der Waals surface area contributed by atoms with Crippen LogP contribution in [0.15, 0.2) is 51.8 Å². The molecule has 0 aliphatic heterocycles.